The van der Waals surface area contributed by atoms with E-state index in [1.165, 1.54) is 6.34 Å². The highest BCUT2D eigenvalue weighted by molar-refractivity contribution is 5.82. The number of nitrogens with zero attached hydrogens (tertiary/aromatic N) is 2. The maximum absolute atomic E-state index is 6.47. The Kier molecular flexibility index (Phi) is 5.81. The van der Waals surface area contributed by atoms with Gasteiger partial charge in [0, 0.05) is 6.21 Å². The lowest BCUT2D eigenvalue weighted by Crippen LogP contribution is -1.67. The third-order valence-corrected chi connectivity index (χ3v) is 0.572. The summed E-state index contributed by atoms with van der Waals surface area (Å²) < 4.78 is 0. The van der Waals surface area contributed by atoms with Gasteiger partial charge in [-0.1, -0.05) is 6.08 Å². The van der Waals surface area contributed by atoms with E-state index in [0.717, 1.165) is 6.34 Å². The fraction of sp³-hybridized carbons (Fsp3) is 0.167. The molecule has 48 valence electrons. The number of rotatable bonds is 3. The zero-order chi connectivity index (χ0) is 6.95. The summed E-state index contributed by atoms with van der Waals surface area (Å²) in [4.78, 5) is 7.12. The summed E-state index contributed by atoms with van der Waals surface area (Å²) in [6.45, 7) is 1.90. The number of aliphatic imine (C=N–C) groups is 2. The molecule has 9 heavy (non-hydrogen) atoms. The predicted molar refractivity (Wildman–Crippen MR) is 40.6 cm³/mol. The Bertz CT molecular complexity index is 144. The molecule has 0 bridgehead atoms. The lowest BCUT2D eigenvalue weighted by Gasteiger charge is -1.69. The van der Waals surface area contributed by atoms with Crippen molar-refractivity contribution < 1.29 is 0 Å². The van der Waals surface area contributed by atoms with E-state index in [4.69, 9.17) is 5.41 Å². The van der Waals surface area contributed by atoms with Gasteiger partial charge in [-0.3, -0.25) is 5.41 Å². The fourth-order valence-corrected chi connectivity index (χ4v) is 0.246. The smallest absolute Gasteiger partial charge is 0.117 e. The van der Waals surface area contributed by atoms with Gasteiger partial charge in [-0.2, -0.15) is 0 Å². The Morgan fingerprint density at radius 1 is 1.33 bits per heavy atom. The second kappa shape index (κ2) is 6.75. The van der Waals surface area contributed by atoms with Crippen molar-refractivity contribution in [1.82, 2.24) is 0 Å². The van der Waals surface area contributed by atoms with Crippen LogP contribution >= 0.6 is 0 Å². The summed E-state index contributed by atoms with van der Waals surface area (Å²) in [5, 5.41) is 6.47. The summed E-state index contributed by atoms with van der Waals surface area (Å²) in [6, 6.07) is 0. The van der Waals surface area contributed by atoms with Crippen LogP contribution in [0.3, 0.4) is 0 Å². The van der Waals surface area contributed by atoms with E-state index in [0.29, 0.717) is 0 Å². The molecule has 3 nitrogen and oxygen atoms in total. The maximum atomic E-state index is 6.47. The molecule has 0 amide bonds. The van der Waals surface area contributed by atoms with Gasteiger partial charge in [-0.05, 0) is 13.0 Å². The second-order valence-corrected chi connectivity index (χ2v) is 1.22. The number of allylic oxidation sites excluding steroid dienone is 2. The van der Waals surface area contributed by atoms with Crippen LogP contribution in [0, 0.1) is 5.41 Å². The van der Waals surface area contributed by atoms with Gasteiger partial charge in [-0.25, -0.2) is 9.98 Å². The molecule has 0 atom stereocenters. The molecule has 0 aliphatic rings. The van der Waals surface area contributed by atoms with Crippen molar-refractivity contribution in [3.05, 3.63) is 12.2 Å². The first-order valence-electron chi connectivity index (χ1n) is 2.57. The molecule has 0 saturated heterocycles. The molecule has 0 radical (unpaired) electrons. The van der Waals surface area contributed by atoms with Crippen LogP contribution in [0.1, 0.15) is 6.92 Å². The summed E-state index contributed by atoms with van der Waals surface area (Å²) in [5.74, 6) is 0. The van der Waals surface area contributed by atoms with E-state index >= 15 is 0 Å². The van der Waals surface area contributed by atoms with Crippen molar-refractivity contribution in [3.63, 3.8) is 0 Å². The molecule has 0 aromatic heterocycles. The highest BCUT2D eigenvalue weighted by atomic mass is 14.9. The minimum Gasteiger partial charge on any atom is -0.289 e. The average Bonchev–Trinajstić information content (AvgIpc) is 1.89. The van der Waals surface area contributed by atoms with Crippen LogP contribution in [0.15, 0.2) is 22.1 Å². The molecular weight excluding hydrogens is 114 g/mol. The van der Waals surface area contributed by atoms with Crippen LogP contribution in [0.2, 0.25) is 0 Å². The van der Waals surface area contributed by atoms with Crippen molar-refractivity contribution in [2.75, 3.05) is 0 Å². The fourth-order valence-electron chi connectivity index (χ4n) is 0.246. The molecule has 0 heterocycles. The molecular formula is C6H9N3. The van der Waals surface area contributed by atoms with Gasteiger partial charge in [0.15, 0.2) is 0 Å². The Hall–Kier alpha value is -1.25. The molecule has 0 rings (SSSR count). The highest BCUT2D eigenvalue weighted by Gasteiger charge is 1.58. The first kappa shape index (κ1) is 7.75. The summed E-state index contributed by atoms with van der Waals surface area (Å²) in [6.07, 6.45) is 7.50. The van der Waals surface area contributed by atoms with Gasteiger partial charge in [0.25, 0.3) is 0 Å². The lowest BCUT2D eigenvalue weighted by molar-refractivity contribution is 1.51. The molecule has 0 aliphatic carbocycles. The highest BCUT2D eigenvalue weighted by Crippen LogP contribution is 1.64. The molecule has 0 saturated carbocycles. The average molecular weight is 123 g/mol. The maximum Gasteiger partial charge on any atom is 0.117 e. The van der Waals surface area contributed by atoms with Crippen molar-refractivity contribution in [1.29, 1.82) is 5.41 Å². The van der Waals surface area contributed by atoms with Crippen LogP contribution in [0.5, 0.6) is 0 Å². The van der Waals surface area contributed by atoms with Gasteiger partial charge in [0.2, 0.25) is 0 Å². The molecule has 0 aliphatic heterocycles. The summed E-state index contributed by atoms with van der Waals surface area (Å²) >= 11 is 0. The number of hydrogen-bond donors (Lipinski definition) is 1. The Morgan fingerprint density at radius 2 is 2.11 bits per heavy atom. The lowest BCUT2D eigenvalue weighted by atomic mass is 10.6. The van der Waals surface area contributed by atoms with Gasteiger partial charge < -0.3 is 0 Å². The first-order valence-corrected chi connectivity index (χ1v) is 2.57. The normalized spacial score (nSPS) is 12.1. The SMILES string of the molecule is C/C=C/C=NC=NC=N. The van der Waals surface area contributed by atoms with E-state index < -0.39 is 0 Å². The molecule has 3 heteroatoms. The van der Waals surface area contributed by atoms with Crippen LogP contribution in [0.4, 0.5) is 0 Å². The van der Waals surface area contributed by atoms with Crippen molar-refractivity contribution in [3.8, 4) is 0 Å². The van der Waals surface area contributed by atoms with E-state index in [1.54, 1.807) is 12.3 Å². The Labute approximate surface area is 54.4 Å². The molecule has 1 N–H and O–H groups in total. The summed E-state index contributed by atoms with van der Waals surface area (Å²) in [5.41, 5.74) is 0. The monoisotopic (exact) mass is 123 g/mol. The van der Waals surface area contributed by atoms with E-state index in [2.05, 4.69) is 9.98 Å². The summed E-state index contributed by atoms with van der Waals surface area (Å²) in [7, 11) is 0. The van der Waals surface area contributed by atoms with Crippen LogP contribution in [-0.4, -0.2) is 18.9 Å². The van der Waals surface area contributed by atoms with Crippen molar-refractivity contribution in [2.45, 2.75) is 6.92 Å². The largest absolute Gasteiger partial charge is 0.289 e. The predicted octanol–water partition coefficient (Wildman–Crippen LogP) is 1.27. The van der Waals surface area contributed by atoms with Gasteiger partial charge in [0.05, 0.1) is 0 Å². The molecule has 0 aromatic rings. The van der Waals surface area contributed by atoms with Crippen LogP contribution < -0.4 is 0 Å². The number of hydrogen-bond acceptors (Lipinski definition) is 1. The van der Waals surface area contributed by atoms with E-state index in [-0.39, 0.29) is 0 Å². The third kappa shape index (κ3) is 6.75. The van der Waals surface area contributed by atoms with Gasteiger partial charge >= 0.3 is 0 Å². The van der Waals surface area contributed by atoms with Crippen LogP contribution in [-0.2, 0) is 0 Å². The topological polar surface area (TPSA) is 48.6 Å². The Balaban J connectivity index is 3.46. The van der Waals surface area contributed by atoms with E-state index in [9.17, 15) is 0 Å². The zero-order valence-electron chi connectivity index (χ0n) is 5.28. The molecule has 0 spiro atoms. The second-order valence-electron chi connectivity index (χ2n) is 1.22. The van der Waals surface area contributed by atoms with Crippen LogP contribution in [0.25, 0.3) is 0 Å². The van der Waals surface area contributed by atoms with Crippen molar-refractivity contribution >= 4 is 18.9 Å². The zero-order valence-corrected chi connectivity index (χ0v) is 5.28. The van der Waals surface area contributed by atoms with Gasteiger partial charge in [-0.15, -0.1) is 0 Å². The number of nitrogens with one attached hydrogen (secondary N) is 1. The molecule has 0 fully saturated rings. The standard InChI is InChI=1S/C6H9N3/c1-2-3-4-8-6-9-5-7/h2-7H,1H3/b3-2+,7-5?,8-4?,9-6?. The minimum atomic E-state index is 0.938. The van der Waals surface area contributed by atoms with E-state index in [1.807, 2.05) is 13.0 Å². The van der Waals surface area contributed by atoms with Crippen molar-refractivity contribution in [2.24, 2.45) is 9.98 Å². The molecule has 0 unspecified atom stereocenters. The van der Waals surface area contributed by atoms with Gasteiger partial charge in [0.1, 0.15) is 12.7 Å². The first-order chi connectivity index (χ1) is 4.41. The third-order valence-electron chi connectivity index (χ3n) is 0.572. The minimum absolute atomic E-state index is 0.938. The molecule has 0 aromatic carbocycles. The quantitative estimate of drug-likeness (QED) is 0.434. The Morgan fingerprint density at radius 3 is 2.67 bits per heavy atom.